The summed E-state index contributed by atoms with van der Waals surface area (Å²) in [7, 11) is 3.96. The number of rotatable bonds is 6. The number of nitrogens with zero attached hydrogens (tertiary/aromatic N) is 2. The van der Waals surface area contributed by atoms with Gasteiger partial charge in [0, 0.05) is 24.3 Å². The first-order valence-electron chi connectivity index (χ1n) is 8.54. The van der Waals surface area contributed by atoms with Crippen LogP contribution in [0.25, 0.3) is 10.8 Å². The number of carbonyl (C=O) groups excluding carboxylic acids is 1. The van der Waals surface area contributed by atoms with E-state index >= 15 is 0 Å². The van der Waals surface area contributed by atoms with E-state index in [1.54, 1.807) is 6.21 Å². The van der Waals surface area contributed by atoms with Crippen LogP contribution in [0.2, 0.25) is 0 Å². The maximum Gasteiger partial charge on any atom is 0.277 e. The Morgan fingerprint density at radius 2 is 1.86 bits per heavy atom. The van der Waals surface area contributed by atoms with Gasteiger partial charge in [-0.15, -0.1) is 0 Å². The van der Waals surface area contributed by atoms with Crippen LogP contribution in [0.15, 0.2) is 68.6 Å². The summed E-state index contributed by atoms with van der Waals surface area (Å²) < 4.78 is 7.45. The van der Waals surface area contributed by atoms with Gasteiger partial charge in [0.25, 0.3) is 5.91 Å². The van der Waals surface area contributed by atoms with Crippen LogP contribution >= 0.6 is 31.9 Å². The van der Waals surface area contributed by atoms with Crippen molar-refractivity contribution >= 4 is 60.4 Å². The second-order valence-corrected chi connectivity index (χ2v) is 8.02. The Hall–Kier alpha value is -2.38. The predicted octanol–water partition coefficient (Wildman–Crippen LogP) is 4.96. The Kier molecular flexibility index (Phi) is 6.70. The molecule has 0 saturated heterocycles. The number of hydrogen-bond donors (Lipinski definition) is 1. The number of amides is 1. The van der Waals surface area contributed by atoms with Crippen molar-refractivity contribution in [3.05, 3.63) is 69.1 Å². The van der Waals surface area contributed by atoms with Gasteiger partial charge >= 0.3 is 0 Å². The van der Waals surface area contributed by atoms with Gasteiger partial charge in [-0.1, -0.05) is 40.2 Å². The molecule has 3 rings (SSSR count). The third-order valence-electron chi connectivity index (χ3n) is 4.05. The van der Waals surface area contributed by atoms with E-state index in [4.69, 9.17) is 4.74 Å². The van der Waals surface area contributed by atoms with Crippen molar-refractivity contribution in [2.24, 2.45) is 5.10 Å². The molecule has 1 N–H and O–H groups in total. The molecule has 28 heavy (non-hydrogen) atoms. The van der Waals surface area contributed by atoms with Gasteiger partial charge in [0.05, 0.1) is 10.7 Å². The van der Waals surface area contributed by atoms with Crippen LogP contribution in [0, 0.1) is 0 Å². The third-order valence-corrected chi connectivity index (χ3v) is 5.36. The molecule has 1 amide bonds. The molecule has 5 nitrogen and oxygen atoms in total. The number of nitrogens with one attached hydrogen (secondary N) is 1. The largest absolute Gasteiger partial charge is 0.483 e. The average molecular weight is 505 g/mol. The molecule has 0 heterocycles. The summed E-state index contributed by atoms with van der Waals surface area (Å²) in [5, 5.41) is 6.06. The zero-order chi connectivity index (χ0) is 20.1. The summed E-state index contributed by atoms with van der Waals surface area (Å²) in [6, 6.07) is 17.6. The minimum Gasteiger partial charge on any atom is -0.483 e. The zero-order valence-corrected chi connectivity index (χ0v) is 18.6. The second-order valence-electron chi connectivity index (χ2n) is 6.31. The Morgan fingerprint density at radius 3 is 2.57 bits per heavy atom. The molecule has 0 aliphatic heterocycles. The highest BCUT2D eigenvalue weighted by atomic mass is 79.9. The van der Waals surface area contributed by atoms with E-state index in [0.717, 1.165) is 31.0 Å². The standard InChI is InChI=1S/C21H19Br2N3O2/c1-26(2)17-7-3-14(4-8-17)12-24-25-20(27)13-28-19-10-5-15-11-16(22)6-9-18(15)21(19)23/h3-12H,13H2,1-2H3,(H,25,27). The van der Waals surface area contributed by atoms with Gasteiger partial charge < -0.3 is 9.64 Å². The van der Waals surface area contributed by atoms with E-state index in [2.05, 4.69) is 42.4 Å². The number of carbonyl (C=O) groups is 1. The molecule has 0 fully saturated rings. The number of ether oxygens (including phenoxy) is 1. The van der Waals surface area contributed by atoms with Crippen molar-refractivity contribution in [2.45, 2.75) is 0 Å². The maximum absolute atomic E-state index is 12.0. The van der Waals surface area contributed by atoms with Crippen LogP contribution in [0.5, 0.6) is 5.75 Å². The van der Waals surface area contributed by atoms with Crippen LogP contribution in [0.4, 0.5) is 5.69 Å². The summed E-state index contributed by atoms with van der Waals surface area (Å²) in [6.07, 6.45) is 1.60. The number of hydrogen-bond acceptors (Lipinski definition) is 4. The van der Waals surface area contributed by atoms with E-state index in [-0.39, 0.29) is 12.5 Å². The normalized spacial score (nSPS) is 11.0. The number of anilines is 1. The molecule has 0 aliphatic rings. The lowest BCUT2D eigenvalue weighted by molar-refractivity contribution is -0.123. The topological polar surface area (TPSA) is 53.9 Å². The number of benzene rings is 3. The molecule has 0 saturated carbocycles. The fraction of sp³-hybridized carbons (Fsp3) is 0.143. The molecule has 0 aliphatic carbocycles. The molecule has 7 heteroatoms. The summed E-state index contributed by atoms with van der Waals surface area (Å²) in [5.74, 6) is 0.275. The van der Waals surface area contributed by atoms with Gasteiger partial charge in [-0.25, -0.2) is 5.43 Å². The first-order chi connectivity index (χ1) is 13.4. The van der Waals surface area contributed by atoms with E-state index in [1.165, 1.54) is 0 Å². The van der Waals surface area contributed by atoms with E-state index in [1.807, 2.05) is 73.6 Å². The van der Waals surface area contributed by atoms with E-state index in [9.17, 15) is 4.79 Å². The third kappa shape index (κ3) is 5.11. The average Bonchev–Trinajstić information content (AvgIpc) is 2.68. The number of hydrazone groups is 1. The molecule has 0 unspecified atom stereocenters. The maximum atomic E-state index is 12.0. The lowest BCUT2D eigenvalue weighted by Gasteiger charge is -2.11. The van der Waals surface area contributed by atoms with E-state index in [0.29, 0.717) is 5.75 Å². The smallest absolute Gasteiger partial charge is 0.277 e. The molecule has 3 aromatic rings. The van der Waals surface area contributed by atoms with Crippen molar-refractivity contribution in [3.8, 4) is 5.75 Å². The quantitative estimate of drug-likeness (QED) is 0.381. The summed E-state index contributed by atoms with van der Waals surface area (Å²) in [6.45, 7) is -0.127. The molecule has 0 aromatic heterocycles. The fourth-order valence-corrected chi connectivity index (χ4v) is 3.55. The van der Waals surface area contributed by atoms with Crippen LogP contribution < -0.4 is 15.1 Å². The van der Waals surface area contributed by atoms with Crippen molar-refractivity contribution < 1.29 is 9.53 Å². The molecule has 144 valence electrons. The highest BCUT2D eigenvalue weighted by Crippen LogP contribution is 2.34. The van der Waals surface area contributed by atoms with Gasteiger partial charge in [-0.2, -0.15) is 5.10 Å². The number of halogens is 2. The monoisotopic (exact) mass is 503 g/mol. The summed E-state index contributed by atoms with van der Waals surface area (Å²) in [4.78, 5) is 14.0. The van der Waals surface area contributed by atoms with Crippen molar-refractivity contribution in [3.63, 3.8) is 0 Å². The Labute approximate surface area is 180 Å². The fourth-order valence-electron chi connectivity index (χ4n) is 2.57. The predicted molar refractivity (Wildman–Crippen MR) is 121 cm³/mol. The molecule has 0 bridgehead atoms. The molecular formula is C21H19Br2N3O2. The van der Waals surface area contributed by atoms with Crippen LogP contribution in [-0.2, 0) is 4.79 Å². The molecule has 0 spiro atoms. The lowest BCUT2D eigenvalue weighted by Crippen LogP contribution is -2.24. The SMILES string of the molecule is CN(C)c1ccc(C=NNC(=O)COc2ccc3cc(Br)ccc3c2Br)cc1. The highest BCUT2D eigenvalue weighted by molar-refractivity contribution is 9.11. The summed E-state index contributed by atoms with van der Waals surface area (Å²) in [5.41, 5.74) is 4.47. The number of fused-ring (bicyclic) bond motifs is 1. The molecule has 3 aromatic carbocycles. The van der Waals surface area contributed by atoms with Gasteiger partial charge in [-0.3, -0.25) is 4.79 Å². The molecule has 0 atom stereocenters. The van der Waals surface area contributed by atoms with Crippen LogP contribution in [0.3, 0.4) is 0 Å². The van der Waals surface area contributed by atoms with Gasteiger partial charge in [0.2, 0.25) is 0 Å². The van der Waals surface area contributed by atoms with E-state index < -0.39 is 0 Å². The molecular weight excluding hydrogens is 486 g/mol. The first kappa shape index (κ1) is 20.4. The van der Waals surface area contributed by atoms with Gasteiger partial charge in [0.1, 0.15) is 5.75 Å². The van der Waals surface area contributed by atoms with Crippen molar-refractivity contribution in [2.75, 3.05) is 25.6 Å². The van der Waals surface area contributed by atoms with Crippen molar-refractivity contribution in [1.82, 2.24) is 5.43 Å². The minimum absolute atomic E-state index is 0.127. The minimum atomic E-state index is -0.330. The zero-order valence-electron chi connectivity index (χ0n) is 15.4. The van der Waals surface area contributed by atoms with Gasteiger partial charge in [-0.05, 0) is 62.6 Å². The highest BCUT2D eigenvalue weighted by Gasteiger charge is 2.09. The van der Waals surface area contributed by atoms with Gasteiger partial charge in [0.15, 0.2) is 6.61 Å². The molecule has 0 radical (unpaired) electrons. The second kappa shape index (κ2) is 9.21. The Morgan fingerprint density at radius 1 is 1.11 bits per heavy atom. The van der Waals surface area contributed by atoms with Crippen molar-refractivity contribution in [1.29, 1.82) is 0 Å². The van der Waals surface area contributed by atoms with Crippen LogP contribution in [-0.4, -0.2) is 32.8 Å². The Balaban J connectivity index is 1.56. The van der Waals surface area contributed by atoms with Crippen LogP contribution in [0.1, 0.15) is 5.56 Å². The lowest BCUT2D eigenvalue weighted by atomic mass is 10.1. The summed E-state index contributed by atoms with van der Waals surface area (Å²) >= 11 is 7.01. The Bertz CT molecular complexity index is 1020. The first-order valence-corrected chi connectivity index (χ1v) is 10.1.